The van der Waals surface area contributed by atoms with Gasteiger partial charge in [0.15, 0.2) is 0 Å². The first-order valence-electron chi connectivity index (χ1n) is 8.01. The third-order valence-corrected chi connectivity index (χ3v) is 4.26. The molecule has 1 aromatic rings. The molecule has 0 unspecified atom stereocenters. The van der Waals surface area contributed by atoms with Gasteiger partial charge in [0.05, 0.1) is 12.3 Å². The van der Waals surface area contributed by atoms with Crippen molar-refractivity contribution in [1.82, 2.24) is 5.32 Å². The van der Waals surface area contributed by atoms with E-state index in [1.54, 1.807) is 19.2 Å². The lowest BCUT2D eigenvalue weighted by Gasteiger charge is -2.32. The molecule has 0 aromatic heterocycles. The first kappa shape index (κ1) is 16.2. The summed E-state index contributed by atoms with van der Waals surface area (Å²) in [5, 5.41) is 3.32. The van der Waals surface area contributed by atoms with Gasteiger partial charge in [-0.3, -0.25) is 0 Å². The van der Waals surface area contributed by atoms with Gasteiger partial charge in [-0.1, -0.05) is 25.0 Å². The molecule has 0 amide bonds. The van der Waals surface area contributed by atoms with Gasteiger partial charge in [-0.05, 0) is 31.4 Å². The maximum absolute atomic E-state index is 14.4. The monoisotopic (exact) mass is 294 g/mol. The third-order valence-electron chi connectivity index (χ3n) is 4.26. The number of nitrogens with one attached hydrogen (secondary N) is 1. The van der Waals surface area contributed by atoms with Crippen LogP contribution in [0.15, 0.2) is 18.2 Å². The van der Waals surface area contributed by atoms with Crippen LogP contribution >= 0.6 is 0 Å². The molecular weight excluding hydrogens is 267 g/mol. The van der Waals surface area contributed by atoms with Crippen LogP contribution in [0.5, 0.6) is 0 Å². The van der Waals surface area contributed by atoms with Gasteiger partial charge in [0.2, 0.25) is 0 Å². The smallest absolute Gasteiger partial charge is 0.146 e. The fourth-order valence-electron chi connectivity index (χ4n) is 3.24. The molecule has 1 aliphatic carbocycles. The number of benzene rings is 1. The molecule has 0 aliphatic heterocycles. The molecule has 1 N–H and O–H groups in total. The number of nitrogens with zero attached hydrogens (tertiary/aromatic N) is 1. The molecule has 118 valence electrons. The van der Waals surface area contributed by atoms with Crippen molar-refractivity contribution in [2.75, 3.05) is 31.7 Å². The second-order valence-electron chi connectivity index (χ2n) is 5.64. The van der Waals surface area contributed by atoms with Gasteiger partial charge in [0.25, 0.3) is 0 Å². The number of halogens is 1. The standard InChI is InChI=1S/C17H27FN2O/c1-3-20(15-8-4-5-9-15)17-14(7-6-10-16(17)18)13-19-11-12-21-2/h6-7,10,15,19H,3-5,8-9,11-13H2,1-2H3. The number of anilines is 1. The van der Waals surface area contributed by atoms with Crippen LogP contribution in [-0.2, 0) is 11.3 Å². The average Bonchev–Trinajstić information content (AvgIpc) is 3.01. The number of methoxy groups -OCH3 is 1. The van der Waals surface area contributed by atoms with Crippen LogP contribution in [-0.4, -0.2) is 32.8 Å². The Bertz CT molecular complexity index is 433. The van der Waals surface area contributed by atoms with Crippen molar-refractivity contribution in [1.29, 1.82) is 0 Å². The van der Waals surface area contributed by atoms with E-state index in [-0.39, 0.29) is 5.82 Å². The second kappa shape index (κ2) is 8.35. The molecule has 21 heavy (non-hydrogen) atoms. The van der Waals surface area contributed by atoms with Crippen LogP contribution in [0.1, 0.15) is 38.2 Å². The van der Waals surface area contributed by atoms with E-state index in [9.17, 15) is 4.39 Å². The summed E-state index contributed by atoms with van der Waals surface area (Å²) in [4.78, 5) is 2.26. The fourth-order valence-corrected chi connectivity index (χ4v) is 3.24. The summed E-state index contributed by atoms with van der Waals surface area (Å²) in [6.45, 7) is 5.11. The van der Waals surface area contributed by atoms with E-state index in [1.807, 2.05) is 6.07 Å². The van der Waals surface area contributed by atoms with E-state index in [4.69, 9.17) is 4.74 Å². The third kappa shape index (κ3) is 4.17. The molecule has 0 spiro atoms. The van der Waals surface area contributed by atoms with Crippen molar-refractivity contribution < 1.29 is 9.13 Å². The summed E-state index contributed by atoms with van der Waals surface area (Å²) in [5.74, 6) is -0.102. The fraction of sp³-hybridized carbons (Fsp3) is 0.647. The molecule has 1 aliphatic rings. The van der Waals surface area contributed by atoms with E-state index in [2.05, 4.69) is 17.1 Å². The zero-order valence-corrected chi connectivity index (χ0v) is 13.2. The summed E-state index contributed by atoms with van der Waals surface area (Å²) < 4.78 is 19.5. The highest BCUT2D eigenvalue weighted by Crippen LogP contribution is 2.32. The van der Waals surface area contributed by atoms with Gasteiger partial charge < -0.3 is 15.0 Å². The summed E-state index contributed by atoms with van der Waals surface area (Å²) in [6.07, 6.45) is 4.88. The molecule has 3 nitrogen and oxygen atoms in total. The lowest BCUT2D eigenvalue weighted by Crippen LogP contribution is -2.35. The summed E-state index contributed by atoms with van der Waals surface area (Å²) in [7, 11) is 1.69. The summed E-state index contributed by atoms with van der Waals surface area (Å²) in [5.41, 5.74) is 1.83. The molecule has 0 saturated heterocycles. The zero-order valence-electron chi connectivity index (χ0n) is 13.2. The Kier molecular flexibility index (Phi) is 6.46. The minimum Gasteiger partial charge on any atom is -0.383 e. The van der Waals surface area contributed by atoms with Crippen LogP contribution in [0.25, 0.3) is 0 Å². The van der Waals surface area contributed by atoms with Crippen LogP contribution < -0.4 is 10.2 Å². The maximum atomic E-state index is 14.4. The molecule has 0 heterocycles. The Hall–Kier alpha value is -1.13. The SMILES string of the molecule is CCN(c1c(F)cccc1CNCCOC)C1CCCC1. The van der Waals surface area contributed by atoms with Gasteiger partial charge >= 0.3 is 0 Å². The molecule has 0 atom stereocenters. The van der Waals surface area contributed by atoms with E-state index in [0.29, 0.717) is 19.2 Å². The Labute approximate surface area is 127 Å². The number of ether oxygens (including phenoxy) is 1. The number of para-hydroxylation sites is 1. The van der Waals surface area contributed by atoms with Gasteiger partial charge in [-0.2, -0.15) is 0 Å². The summed E-state index contributed by atoms with van der Waals surface area (Å²) >= 11 is 0. The van der Waals surface area contributed by atoms with Crippen molar-refractivity contribution in [3.63, 3.8) is 0 Å². The van der Waals surface area contributed by atoms with Crippen molar-refractivity contribution >= 4 is 5.69 Å². The van der Waals surface area contributed by atoms with E-state index < -0.39 is 0 Å². The highest BCUT2D eigenvalue weighted by Gasteiger charge is 2.25. The van der Waals surface area contributed by atoms with Gasteiger partial charge in [-0.15, -0.1) is 0 Å². The van der Waals surface area contributed by atoms with E-state index in [1.165, 1.54) is 25.7 Å². The molecule has 0 bridgehead atoms. The maximum Gasteiger partial charge on any atom is 0.146 e. The molecule has 2 rings (SSSR count). The molecule has 1 saturated carbocycles. The predicted octanol–water partition coefficient (Wildman–Crippen LogP) is 3.33. The second-order valence-corrected chi connectivity index (χ2v) is 5.64. The van der Waals surface area contributed by atoms with Crippen molar-refractivity contribution in [3.8, 4) is 0 Å². The van der Waals surface area contributed by atoms with Crippen molar-refractivity contribution in [2.24, 2.45) is 0 Å². The average molecular weight is 294 g/mol. The summed E-state index contributed by atoms with van der Waals surface area (Å²) in [6, 6.07) is 5.89. The van der Waals surface area contributed by atoms with Crippen LogP contribution in [0.4, 0.5) is 10.1 Å². The van der Waals surface area contributed by atoms with Gasteiger partial charge in [0, 0.05) is 32.8 Å². The molecule has 4 heteroatoms. The lowest BCUT2D eigenvalue weighted by molar-refractivity contribution is 0.199. The largest absolute Gasteiger partial charge is 0.383 e. The topological polar surface area (TPSA) is 24.5 Å². The first-order valence-corrected chi connectivity index (χ1v) is 8.01. The quantitative estimate of drug-likeness (QED) is 0.744. The lowest BCUT2D eigenvalue weighted by atomic mass is 10.1. The Balaban J connectivity index is 2.15. The number of rotatable bonds is 8. The molecule has 1 aromatic carbocycles. The van der Waals surface area contributed by atoms with Gasteiger partial charge in [-0.25, -0.2) is 4.39 Å². The normalized spacial score (nSPS) is 15.6. The Morgan fingerprint density at radius 2 is 2.10 bits per heavy atom. The van der Waals surface area contributed by atoms with Crippen LogP contribution in [0.2, 0.25) is 0 Å². The predicted molar refractivity (Wildman–Crippen MR) is 85.3 cm³/mol. The molecule has 0 radical (unpaired) electrons. The van der Waals surface area contributed by atoms with Crippen LogP contribution in [0, 0.1) is 5.82 Å². The van der Waals surface area contributed by atoms with E-state index in [0.717, 1.165) is 24.3 Å². The first-order chi connectivity index (χ1) is 10.3. The highest BCUT2D eigenvalue weighted by molar-refractivity contribution is 5.55. The molecular formula is C17H27FN2O. The number of hydrogen-bond donors (Lipinski definition) is 1. The minimum atomic E-state index is -0.102. The highest BCUT2D eigenvalue weighted by atomic mass is 19.1. The zero-order chi connectivity index (χ0) is 15.1. The van der Waals surface area contributed by atoms with Crippen molar-refractivity contribution in [2.45, 2.75) is 45.2 Å². The van der Waals surface area contributed by atoms with Crippen molar-refractivity contribution in [3.05, 3.63) is 29.6 Å². The molecule has 1 fully saturated rings. The minimum absolute atomic E-state index is 0.102. The van der Waals surface area contributed by atoms with Crippen LogP contribution in [0.3, 0.4) is 0 Å². The number of hydrogen-bond acceptors (Lipinski definition) is 3. The Morgan fingerprint density at radius 3 is 2.76 bits per heavy atom. The Morgan fingerprint density at radius 1 is 1.33 bits per heavy atom. The van der Waals surface area contributed by atoms with E-state index >= 15 is 0 Å². The van der Waals surface area contributed by atoms with Gasteiger partial charge in [0.1, 0.15) is 5.82 Å².